The third kappa shape index (κ3) is 2.97. The van der Waals surface area contributed by atoms with Gasteiger partial charge in [0.2, 0.25) is 5.75 Å². The van der Waals surface area contributed by atoms with Crippen molar-refractivity contribution in [1.82, 2.24) is 9.88 Å². The third-order valence-electron chi connectivity index (χ3n) is 4.13. The van der Waals surface area contributed by atoms with Crippen LogP contribution in [-0.4, -0.2) is 43.8 Å². The number of nitrogens with zero attached hydrogens (tertiary/aromatic N) is 1. The topological polar surface area (TPSA) is 75.8 Å². The van der Waals surface area contributed by atoms with Gasteiger partial charge >= 0.3 is 6.03 Å². The molecular formula is C17H21N3O4. The zero-order valence-electron chi connectivity index (χ0n) is 14.0. The zero-order valence-corrected chi connectivity index (χ0v) is 14.0. The normalized spacial score (nSPS) is 13.2. The Balaban J connectivity index is 1.77. The van der Waals surface area contributed by atoms with Crippen molar-refractivity contribution in [2.45, 2.75) is 13.0 Å². The van der Waals surface area contributed by atoms with Crippen LogP contribution in [0.25, 0.3) is 0 Å². The van der Waals surface area contributed by atoms with E-state index in [0.29, 0.717) is 36.0 Å². The third-order valence-corrected chi connectivity index (χ3v) is 4.13. The van der Waals surface area contributed by atoms with E-state index < -0.39 is 0 Å². The van der Waals surface area contributed by atoms with Gasteiger partial charge in [-0.3, -0.25) is 0 Å². The number of anilines is 1. The number of H-pyrrole nitrogens is 1. The highest BCUT2D eigenvalue weighted by atomic mass is 16.5. The predicted octanol–water partition coefficient (Wildman–Crippen LogP) is 2.63. The van der Waals surface area contributed by atoms with Gasteiger partial charge in [0.1, 0.15) is 0 Å². The van der Waals surface area contributed by atoms with Crippen LogP contribution in [-0.2, 0) is 13.0 Å². The average Bonchev–Trinajstić information content (AvgIpc) is 3.08. The fourth-order valence-electron chi connectivity index (χ4n) is 2.88. The van der Waals surface area contributed by atoms with E-state index in [9.17, 15) is 4.79 Å². The molecule has 2 heterocycles. The first-order valence-electron chi connectivity index (χ1n) is 7.67. The first-order chi connectivity index (χ1) is 11.7. The van der Waals surface area contributed by atoms with Crippen LogP contribution in [0.3, 0.4) is 0 Å². The quantitative estimate of drug-likeness (QED) is 0.903. The summed E-state index contributed by atoms with van der Waals surface area (Å²) >= 11 is 0. The molecule has 3 rings (SSSR count). The minimum absolute atomic E-state index is 0.156. The van der Waals surface area contributed by atoms with Gasteiger partial charge < -0.3 is 29.4 Å². The predicted molar refractivity (Wildman–Crippen MR) is 90.0 cm³/mol. The van der Waals surface area contributed by atoms with Gasteiger partial charge in [-0.25, -0.2) is 4.79 Å². The maximum absolute atomic E-state index is 12.5. The molecule has 0 saturated heterocycles. The van der Waals surface area contributed by atoms with E-state index in [0.717, 1.165) is 12.0 Å². The van der Waals surface area contributed by atoms with Crippen LogP contribution >= 0.6 is 0 Å². The second-order valence-electron chi connectivity index (χ2n) is 5.50. The molecule has 1 aromatic heterocycles. The van der Waals surface area contributed by atoms with E-state index in [-0.39, 0.29) is 6.03 Å². The number of aromatic nitrogens is 1. The number of methoxy groups -OCH3 is 3. The number of aromatic amines is 1. The van der Waals surface area contributed by atoms with E-state index in [2.05, 4.69) is 10.3 Å². The van der Waals surface area contributed by atoms with Gasteiger partial charge in [-0.05, 0) is 11.6 Å². The maximum Gasteiger partial charge on any atom is 0.322 e. The Morgan fingerprint density at radius 1 is 1.17 bits per heavy atom. The highest BCUT2D eigenvalue weighted by molar-refractivity contribution is 5.90. The number of benzene rings is 1. The summed E-state index contributed by atoms with van der Waals surface area (Å²) in [5.74, 6) is 1.49. The number of ether oxygens (including phenoxy) is 3. The van der Waals surface area contributed by atoms with Gasteiger partial charge in [-0.1, -0.05) is 0 Å². The summed E-state index contributed by atoms with van der Waals surface area (Å²) in [6.45, 7) is 1.26. The highest BCUT2D eigenvalue weighted by Crippen LogP contribution is 2.40. The summed E-state index contributed by atoms with van der Waals surface area (Å²) in [6, 6.07) is 5.28. The molecule has 0 spiro atoms. The molecule has 1 aromatic carbocycles. The number of carbonyl (C=O) groups excluding carboxylic acids is 1. The molecule has 2 aromatic rings. The number of urea groups is 1. The molecule has 24 heavy (non-hydrogen) atoms. The molecule has 128 valence electrons. The highest BCUT2D eigenvalue weighted by Gasteiger charge is 2.22. The van der Waals surface area contributed by atoms with Crippen molar-refractivity contribution in [2.24, 2.45) is 0 Å². The number of rotatable bonds is 4. The van der Waals surface area contributed by atoms with E-state index in [1.807, 2.05) is 12.3 Å². The van der Waals surface area contributed by atoms with E-state index in [1.54, 1.807) is 38.4 Å². The number of hydrogen-bond acceptors (Lipinski definition) is 4. The first-order valence-corrected chi connectivity index (χ1v) is 7.67. The molecule has 2 N–H and O–H groups in total. The van der Waals surface area contributed by atoms with Gasteiger partial charge in [0.15, 0.2) is 11.5 Å². The van der Waals surface area contributed by atoms with Crippen molar-refractivity contribution in [1.29, 1.82) is 0 Å². The molecule has 0 atom stereocenters. The molecular weight excluding hydrogens is 310 g/mol. The summed E-state index contributed by atoms with van der Waals surface area (Å²) < 4.78 is 15.9. The lowest BCUT2D eigenvalue weighted by Crippen LogP contribution is -2.38. The van der Waals surface area contributed by atoms with Crippen LogP contribution in [0, 0.1) is 0 Å². The van der Waals surface area contributed by atoms with Gasteiger partial charge in [-0.2, -0.15) is 0 Å². The van der Waals surface area contributed by atoms with Gasteiger partial charge in [0, 0.05) is 43.5 Å². The van der Waals surface area contributed by atoms with Crippen molar-refractivity contribution < 1.29 is 19.0 Å². The van der Waals surface area contributed by atoms with Crippen molar-refractivity contribution in [3.05, 3.63) is 35.7 Å². The molecule has 0 radical (unpaired) electrons. The number of hydrogen-bond donors (Lipinski definition) is 2. The number of carbonyl (C=O) groups is 1. The van der Waals surface area contributed by atoms with Crippen LogP contribution in [0.1, 0.15) is 11.3 Å². The molecule has 7 nitrogen and oxygen atoms in total. The largest absolute Gasteiger partial charge is 0.493 e. The maximum atomic E-state index is 12.5. The fraction of sp³-hybridized carbons (Fsp3) is 0.353. The number of nitrogens with one attached hydrogen (secondary N) is 2. The SMILES string of the molecule is COc1cc(NC(=O)N2CCc3[nH]ccc3C2)cc(OC)c1OC. The molecule has 2 amide bonds. The lowest BCUT2D eigenvalue weighted by molar-refractivity contribution is 0.206. The summed E-state index contributed by atoms with van der Waals surface area (Å²) in [7, 11) is 4.63. The first kappa shape index (κ1) is 16.0. The Kier molecular flexibility index (Phi) is 4.50. The average molecular weight is 331 g/mol. The van der Waals surface area contributed by atoms with Crippen molar-refractivity contribution >= 4 is 11.7 Å². The van der Waals surface area contributed by atoms with E-state index in [4.69, 9.17) is 14.2 Å². The molecule has 7 heteroatoms. The van der Waals surface area contributed by atoms with Crippen molar-refractivity contribution in [3.8, 4) is 17.2 Å². The van der Waals surface area contributed by atoms with Crippen LogP contribution in [0.4, 0.5) is 10.5 Å². The number of amides is 2. The Bertz CT molecular complexity index is 716. The van der Waals surface area contributed by atoms with E-state index in [1.165, 1.54) is 5.69 Å². The molecule has 0 fully saturated rings. The summed E-state index contributed by atoms with van der Waals surface area (Å²) in [6.07, 6.45) is 2.73. The Morgan fingerprint density at radius 3 is 2.50 bits per heavy atom. The zero-order chi connectivity index (χ0) is 17.1. The lowest BCUT2D eigenvalue weighted by atomic mass is 10.1. The smallest absolute Gasteiger partial charge is 0.322 e. The van der Waals surface area contributed by atoms with Gasteiger partial charge in [0.05, 0.1) is 27.0 Å². The monoisotopic (exact) mass is 331 g/mol. The van der Waals surface area contributed by atoms with Gasteiger partial charge in [-0.15, -0.1) is 0 Å². The molecule has 1 aliphatic rings. The standard InChI is InChI=1S/C17H21N3O4/c1-22-14-8-12(9-15(23-2)16(14)24-3)19-17(21)20-7-5-13-11(10-20)4-6-18-13/h4,6,8-9,18H,5,7,10H2,1-3H3,(H,19,21). The van der Waals surface area contributed by atoms with Crippen LogP contribution in [0.2, 0.25) is 0 Å². The van der Waals surface area contributed by atoms with Crippen molar-refractivity contribution in [3.63, 3.8) is 0 Å². The molecule has 0 unspecified atom stereocenters. The van der Waals surface area contributed by atoms with E-state index >= 15 is 0 Å². The van der Waals surface area contributed by atoms with Crippen LogP contribution < -0.4 is 19.5 Å². The van der Waals surface area contributed by atoms with Crippen LogP contribution in [0.5, 0.6) is 17.2 Å². The van der Waals surface area contributed by atoms with Gasteiger partial charge in [0.25, 0.3) is 0 Å². The Morgan fingerprint density at radius 2 is 1.88 bits per heavy atom. The Hall–Kier alpha value is -2.83. The second-order valence-corrected chi connectivity index (χ2v) is 5.50. The van der Waals surface area contributed by atoms with Crippen molar-refractivity contribution in [2.75, 3.05) is 33.2 Å². The van der Waals surface area contributed by atoms with Crippen LogP contribution in [0.15, 0.2) is 24.4 Å². The molecule has 1 aliphatic heterocycles. The number of fused-ring (bicyclic) bond motifs is 1. The molecule has 0 bridgehead atoms. The summed E-state index contributed by atoms with van der Waals surface area (Å²) in [4.78, 5) is 17.5. The lowest BCUT2D eigenvalue weighted by Gasteiger charge is -2.27. The second kappa shape index (κ2) is 6.74. The molecule has 0 saturated carbocycles. The fourth-order valence-corrected chi connectivity index (χ4v) is 2.88. The summed E-state index contributed by atoms with van der Waals surface area (Å²) in [5.41, 5.74) is 2.95. The minimum atomic E-state index is -0.156. The molecule has 0 aliphatic carbocycles. The summed E-state index contributed by atoms with van der Waals surface area (Å²) in [5, 5.41) is 2.90. The Labute approximate surface area is 140 Å². The minimum Gasteiger partial charge on any atom is -0.493 e.